The van der Waals surface area contributed by atoms with E-state index in [9.17, 15) is 0 Å². The Morgan fingerprint density at radius 3 is 1.92 bits per heavy atom. The second-order valence-corrected chi connectivity index (χ2v) is 18.5. The van der Waals surface area contributed by atoms with Crippen molar-refractivity contribution in [3.63, 3.8) is 0 Å². The Morgan fingerprint density at radius 2 is 1.10 bits per heavy atom. The van der Waals surface area contributed by atoms with E-state index in [1.165, 1.54) is 158 Å². The van der Waals surface area contributed by atoms with Gasteiger partial charge in [0.15, 0.2) is 0 Å². The van der Waals surface area contributed by atoms with Crippen LogP contribution in [0.2, 0.25) is 0 Å². The van der Waals surface area contributed by atoms with Gasteiger partial charge in [0.1, 0.15) is 0 Å². The van der Waals surface area contributed by atoms with E-state index in [1.54, 1.807) is 0 Å². The minimum atomic E-state index is -0.0707. The van der Waals surface area contributed by atoms with E-state index in [2.05, 4.69) is 183 Å². The van der Waals surface area contributed by atoms with E-state index in [0.29, 0.717) is 11.8 Å². The van der Waals surface area contributed by atoms with Crippen molar-refractivity contribution >= 4 is 38.6 Å². The van der Waals surface area contributed by atoms with Crippen molar-refractivity contribution in [2.45, 2.75) is 95.3 Å². The molecule has 0 bridgehead atoms. The molecule has 0 aromatic heterocycles. The molecule has 0 atom stereocenters. The average molecular weight is 778 g/mol. The van der Waals surface area contributed by atoms with Crippen molar-refractivity contribution in [3.8, 4) is 33.4 Å². The van der Waals surface area contributed by atoms with Gasteiger partial charge in [-0.1, -0.05) is 186 Å². The number of hydrogen-bond acceptors (Lipinski definition) is 1. The Labute approximate surface area is 356 Å². The molecule has 0 saturated heterocycles. The van der Waals surface area contributed by atoms with Crippen molar-refractivity contribution in [2.75, 3.05) is 4.90 Å². The number of anilines is 3. The van der Waals surface area contributed by atoms with Crippen molar-refractivity contribution < 1.29 is 0 Å². The van der Waals surface area contributed by atoms with Gasteiger partial charge in [0.2, 0.25) is 0 Å². The maximum atomic E-state index is 2.63. The third-order valence-electron chi connectivity index (χ3n) is 14.6. The van der Waals surface area contributed by atoms with Gasteiger partial charge in [0.05, 0.1) is 11.4 Å². The number of hydrogen-bond donors (Lipinski definition) is 0. The molecule has 3 aliphatic rings. The first-order valence-electron chi connectivity index (χ1n) is 22.8. The SMILES string of the molecule is CC1(C)c2ccccc2-c2cc(N(c3ccc(C4CCCCC4)cc3-c3ccccc3)c3ccc4ccccc4c3-c3cccc4cccc(C5CCCCC5)c34)ccc21. The predicted octanol–water partition coefficient (Wildman–Crippen LogP) is 17.2. The molecule has 1 nitrogen and oxygen atoms in total. The molecule has 2 fully saturated rings. The molecule has 11 rings (SSSR count). The second kappa shape index (κ2) is 15.3. The summed E-state index contributed by atoms with van der Waals surface area (Å²) < 4.78 is 0. The van der Waals surface area contributed by atoms with Crippen molar-refractivity contribution in [3.05, 3.63) is 186 Å². The maximum absolute atomic E-state index is 2.63. The first kappa shape index (κ1) is 37.1. The third kappa shape index (κ3) is 6.28. The Kier molecular flexibility index (Phi) is 9.45. The average Bonchev–Trinajstić information content (AvgIpc) is 3.54. The van der Waals surface area contributed by atoms with Gasteiger partial charge >= 0.3 is 0 Å². The molecule has 8 aromatic carbocycles. The molecule has 8 aromatic rings. The molecule has 0 spiro atoms. The lowest BCUT2D eigenvalue weighted by atomic mass is 9.80. The first-order valence-corrected chi connectivity index (χ1v) is 22.8. The molecule has 0 unspecified atom stereocenters. The summed E-state index contributed by atoms with van der Waals surface area (Å²) in [6.45, 7) is 4.77. The van der Waals surface area contributed by atoms with E-state index in [-0.39, 0.29) is 5.41 Å². The van der Waals surface area contributed by atoms with Gasteiger partial charge in [-0.05, 0) is 134 Å². The Balaban J connectivity index is 1.23. The van der Waals surface area contributed by atoms with Crippen molar-refractivity contribution in [1.82, 2.24) is 0 Å². The Bertz CT molecular complexity index is 2860. The molecule has 0 radical (unpaired) electrons. The summed E-state index contributed by atoms with van der Waals surface area (Å²) in [5.41, 5.74) is 17.2. The smallest absolute Gasteiger partial charge is 0.0546 e. The van der Waals surface area contributed by atoms with Gasteiger partial charge in [-0.3, -0.25) is 0 Å². The van der Waals surface area contributed by atoms with E-state index in [4.69, 9.17) is 0 Å². The minimum absolute atomic E-state index is 0.0707. The van der Waals surface area contributed by atoms with Gasteiger partial charge < -0.3 is 4.90 Å². The van der Waals surface area contributed by atoms with Crippen LogP contribution in [0, 0.1) is 0 Å². The fourth-order valence-corrected chi connectivity index (χ4v) is 11.6. The zero-order valence-corrected chi connectivity index (χ0v) is 35.3. The predicted molar refractivity (Wildman–Crippen MR) is 256 cm³/mol. The van der Waals surface area contributed by atoms with Gasteiger partial charge in [0, 0.05) is 22.2 Å². The summed E-state index contributed by atoms with van der Waals surface area (Å²) in [4.78, 5) is 2.63. The van der Waals surface area contributed by atoms with Crippen LogP contribution in [0.5, 0.6) is 0 Å². The van der Waals surface area contributed by atoms with Crippen LogP contribution >= 0.6 is 0 Å². The van der Waals surface area contributed by atoms with Crippen LogP contribution in [-0.2, 0) is 5.41 Å². The molecule has 296 valence electrons. The lowest BCUT2D eigenvalue weighted by Gasteiger charge is -2.33. The summed E-state index contributed by atoms with van der Waals surface area (Å²) in [7, 11) is 0. The van der Waals surface area contributed by atoms with E-state index >= 15 is 0 Å². The molecule has 0 aliphatic heterocycles. The Morgan fingerprint density at radius 1 is 0.450 bits per heavy atom. The highest BCUT2D eigenvalue weighted by Crippen LogP contribution is 2.54. The largest absolute Gasteiger partial charge is 0.309 e. The molecule has 2 saturated carbocycles. The highest BCUT2D eigenvalue weighted by atomic mass is 15.1. The van der Waals surface area contributed by atoms with E-state index < -0.39 is 0 Å². The highest BCUT2D eigenvalue weighted by Gasteiger charge is 2.36. The van der Waals surface area contributed by atoms with Gasteiger partial charge in [-0.25, -0.2) is 0 Å². The van der Waals surface area contributed by atoms with E-state index in [0.717, 1.165) is 0 Å². The summed E-state index contributed by atoms with van der Waals surface area (Å²) >= 11 is 0. The molecular weight excluding hydrogens is 723 g/mol. The number of benzene rings is 8. The standard InChI is InChI=1S/C59H55N/c1-59(2)53-31-15-14-28-49(53)52-39-46(34-35-54(52)59)60(55-36-33-45(40-18-6-3-7-19-40)38-51(55)42-22-10-5-11-23-42)56-37-32-43-24-12-13-27-48(43)58(56)50-30-17-26-44-25-16-29-47(57(44)50)41-20-8-4-9-21-41/h5,10-17,22-41H,3-4,6-9,18-21H2,1-2H3. The van der Waals surface area contributed by atoms with Crippen molar-refractivity contribution in [1.29, 1.82) is 0 Å². The van der Waals surface area contributed by atoms with Crippen LogP contribution in [-0.4, -0.2) is 0 Å². The topological polar surface area (TPSA) is 3.24 Å². The van der Waals surface area contributed by atoms with Crippen LogP contribution in [0.25, 0.3) is 54.9 Å². The molecule has 60 heavy (non-hydrogen) atoms. The van der Waals surface area contributed by atoms with Crippen LogP contribution in [0.4, 0.5) is 17.1 Å². The lowest BCUT2D eigenvalue weighted by molar-refractivity contribution is 0.444. The van der Waals surface area contributed by atoms with Crippen molar-refractivity contribution in [2.24, 2.45) is 0 Å². The molecule has 3 aliphatic carbocycles. The minimum Gasteiger partial charge on any atom is -0.309 e. The quantitative estimate of drug-likeness (QED) is 0.156. The number of fused-ring (bicyclic) bond motifs is 5. The fourth-order valence-electron chi connectivity index (χ4n) is 11.6. The normalized spacial score (nSPS) is 16.5. The zero-order chi connectivity index (χ0) is 40.2. The summed E-state index contributed by atoms with van der Waals surface area (Å²) in [6.07, 6.45) is 13.1. The summed E-state index contributed by atoms with van der Waals surface area (Å²) in [5, 5.41) is 5.31. The van der Waals surface area contributed by atoms with Gasteiger partial charge in [0.25, 0.3) is 0 Å². The van der Waals surface area contributed by atoms with Crippen LogP contribution < -0.4 is 4.90 Å². The number of rotatable bonds is 7. The Hall–Kier alpha value is -5.92. The summed E-state index contributed by atoms with van der Waals surface area (Å²) in [5.74, 6) is 1.18. The van der Waals surface area contributed by atoms with E-state index in [1.807, 2.05) is 0 Å². The molecule has 0 amide bonds. The van der Waals surface area contributed by atoms with Gasteiger partial charge in [-0.15, -0.1) is 0 Å². The highest BCUT2D eigenvalue weighted by molar-refractivity contribution is 6.13. The monoisotopic (exact) mass is 777 g/mol. The molecule has 0 heterocycles. The fraction of sp³-hybridized carbons (Fsp3) is 0.254. The molecular formula is C59H55N. The second-order valence-electron chi connectivity index (χ2n) is 18.5. The zero-order valence-electron chi connectivity index (χ0n) is 35.3. The van der Waals surface area contributed by atoms with Crippen LogP contribution in [0.15, 0.2) is 164 Å². The lowest BCUT2D eigenvalue weighted by Crippen LogP contribution is -2.16. The molecule has 0 N–H and O–H groups in total. The summed E-state index contributed by atoms with van der Waals surface area (Å²) in [6, 6.07) is 63.1. The maximum Gasteiger partial charge on any atom is 0.0546 e. The van der Waals surface area contributed by atoms with Gasteiger partial charge in [-0.2, -0.15) is 0 Å². The third-order valence-corrected chi connectivity index (χ3v) is 14.6. The van der Waals surface area contributed by atoms with Crippen LogP contribution in [0.1, 0.15) is 112 Å². The van der Waals surface area contributed by atoms with Crippen LogP contribution in [0.3, 0.4) is 0 Å². The number of nitrogens with zero attached hydrogens (tertiary/aromatic N) is 1. The first-order chi connectivity index (χ1) is 29.5. The molecule has 1 heteroatoms.